The maximum absolute atomic E-state index is 12.1. The largest absolute Gasteiger partial charge is 0.466 e. The lowest BCUT2D eigenvalue weighted by Crippen LogP contribution is -2.23. The zero-order valence-corrected chi connectivity index (χ0v) is 31.1. The van der Waals surface area contributed by atoms with E-state index in [9.17, 15) is 19.2 Å². The van der Waals surface area contributed by atoms with Crippen LogP contribution in [0, 0.1) is 0 Å². The third-order valence-electron chi connectivity index (χ3n) is 6.34. The number of rotatable bonds is 34. The summed E-state index contributed by atoms with van der Waals surface area (Å²) in [5, 5.41) is 0. The lowest BCUT2D eigenvalue weighted by molar-refractivity contribution is -0.149. The van der Waals surface area contributed by atoms with E-state index < -0.39 is 0 Å². The van der Waals surface area contributed by atoms with Gasteiger partial charge in [0.2, 0.25) is 0 Å². The molecule has 12 nitrogen and oxygen atoms in total. The SMILES string of the molecule is O=C(CCS)OCCC(CCOC(=O)CCS)OCCOC(=O)CCCCCOCOC(CCOCCCS)CCOC(=O)CCS. The van der Waals surface area contributed by atoms with Crippen LogP contribution in [-0.4, -0.2) is 119 Å². The maximum Gasteiger partial charge on any atom is 0.306 e. The maximum atomic E-state index is 12.1. The fraction of sp³-hybridized carbons (Fsp3) is 0.871. The molecule has 0 rings (SSSR count). The molecule has 276 valence electrons. The standard InChI is InChI=1S/C31H56O12S4/c32-28(42-20-19-38-26(7-16-39-29(33)10-22-45)8-17-40-30(34)11-23-46)5-2-1-3-13-37-25-43-27(6-15-36-14-4-21-44)9-18-41-31(35)12-24-47/h26-27,44-47H,1-25H2. The van der Waals surface area contributed by atoms with Crippen LogP contribution in [0.4, 0.5) is 0 Å². The van der Waals surface area contributed by atoms with Crippen LogP contribution in [-0.2, 0) is 57.1 Å². The molecule has 1 unspecified atom stereocenters. The molecular weight excluding hydrogens is 693 g/mol. The highest BCUT2D eigenvalue weighted by Crippen LogP contribution is 2.09. The normalized spacial score (nSPS) is 11.8. The van der Waals surface area contributed by atoms with Crippen LogP contribution in [0.5, 0.6) is 0 Å². The molecule has 0 spiro atoms. The topological polar surface area (TPSA) is 142 Å². The molecule has 0 fully saturated rings. The lowest BCUT2D eigenvalue weighted by Gasteiger charge is -2.18. The van der Waals surface area contributed by atoms with Crippen molar-refractivity contribution < 1.29 is 57.1 Å². The molecule has 0 amide bonds. The molecule has 0 saturated heterocycles. The van der Waals surface area contributed by atoms with E-state index in [1.807, 2.05) is 0 Å². The van der Waals surface area contributed by atoms with Gasteiger partial charge in [-0.3, -0.25) is 19.2 Å². The number of esters is 4. The van der Waals surface area contributed by atoms with Gasteiger partial charge in [-0.1, -0.05) is 6.42 Å². The molecule has 1 atom stereocenters. The van der Waals surface area contributed by atoms with Crippen LogP contribution >= 0.6 is 50.5 Å². The Morgan fingerprint density at radius 2 is 0.872 bits per heavy atom. The Hall–Kier alpha value is -0.880. The summed E-state index contributed by atoms with van der Waals surface area (Å²) >= 11 is 16.2. The van der Waals surface area contributed by atoms with Crippen molar-refractivity contribution in [1.82, 2.24) is 0 Å². The summed E-state index contributed by atoms with van der Waals surface area (Å²) in [4.78, 5) is 46.8. The summed E-state index contributed by atoms with van der Waals surface area (Å²) in [6.45, 7) is 2.62. The van der Waals surface area contributed by atoms with Gasteiger partial charge in [0.1, 0.15) is 13.4 Å². The first-order valence-corrected chi connectivity index (χ1v) is 18.8. The summed E-state index contributed by atoms with van der Waals surface area (Å²) in [5.74, 6) is 0.757. The molecule has 0 radical (unpaired) electrons. The van der Waals surface area contributed by atoms with E-state index >= 15 is 0 Å². The van der Waals surface area contributed by atoms with Crippen molar-refractivity contribution in [1.29, 1.82) is 0 Å². The van der Waals surface area contributed by atoms with Gasteiger partial charge in [0.05, 0.1) is 57.9 Å². The molecule has 0 aromatic heterocycles. The van der Waals surface area contributed by atoms with Gasteiger partial charge in [-0.05, 0) is 31.4 Å². The minimum atomic E-state index is -0.338. The van der Waals surface area contributed by atoms with Gasteiger partial charge in [-0.15, -0.1) is 0 Å². The van der Waals surface area contributed by atoms with Crippen LogP contribution in [0.1, 0.15) is 77.0 Å². The monoisotopic (exact) mass is 748 g/mol. The molecule has 0 aliphatic rings. The molecule has 0 aromatic rings. The van der Waals surface area contributed by atoms with E-state index in [2.05, 4.69) is 50.5 Å². The van der Waals surface area contributed by atoms with Gasteiger partial charge in [0.15, 0.2) is 0 Å². The van der Waals surface area contributed by atoms with Crippen molar-refractivity contribution in [3.05, 3.63) is 0 Å². The second kappa shape index (κ2) is 35.0. The van der Waals surface area contributed by atoms with E-state index in [4.69, 9.17) is 37.9 Å². The van der Waals surface area contributed by atoms with Crippen LogP contribution in [0.3, 0.4) is 0 Å². The number of carbonyl (C=O) groups is 4. The van der Waals surface area contributed by atoms with E-state index in [0.29, 0.717) is 69.2 Å². The van der Waals surface area contributed by atoms with Crippen molar-refractivity contribution in [2.45, 2.75) is 89.3 Å². The second-order valence-electron chi connectivity index (χ2n) is 10.3. The summed E-state index contributed by atoms with van der Waals surface area (Å²) < 4.78 is 43.6. The molecule has 0 N–H and O–H groups in total. The smallest absolute Gasteiger partial charge is 0.306 e. The number of carbonyl (C=O) groups excluding carboxylic acids is 4. The van der Waals surface area contributed by atoms with Crippen LogP contribution in [0.15, 0.2) is 0 Å². The predicted octanol–water partition coefficient (Wildman–Crippen LogP) is 4.32. The van der Waals surface area contributed by atoms with E-state index in [0.717, 1.165) is 25.0 Å². The fourth-order valence-electron chi connectivity index (χ4n) is 3.80. The van der Waals surface area contributed by atoms with Crippen molar-refractivity contribution >= 4 is 74.4 Å². The molecule has 47 heavy (non-hydrogen) atoms. The van der Waals surface area contributed by atoms with Crippen LogP contribution in [0.25, 0.3) is 0 Å². The first kappa shape index (κ1) is 46.1. The molecule has 0 aromatic carbocycles. The number of hydrogen-bond donors (Lipinski definition) is 4. The predicted molar refractivity (Wildman–Crippen MR) is 191 cm³/mol. The van der Waals surface area contributed by atoms with Gasteiger partial charge in [-0.2, -0.15) is 50.5 Å². The Morgan fingerprint density at radius 3 is 1.40 bits per heavy atom. The third kappa shape index (κ3) is 32.1. The van der Waals surface area contributed by atoms with Crippen molar-refractivity contribution in [2.24, 2.45) is 0 Å². The number of ether oxygens (including phenoxy) is 8. The number of hydrogen-bond acceptors (Lipinski definition) is 16. The highest BCUT2D eigenvalue weighted by atomic mass is 32.1. The average Bonchev–Trinajstić information content (AvgIpc) is 3.04. The summed E-state index contributed by atoms with van der Waals surface area (Å²) in [6, 6.07) is 0. The zero-order chi connectivity index (χ0) is 34.8. The van der Waals surface area contributed by atoms with Crippen LogP contribution in [0.2, 0.25) is 0 Å². The molecule has 0 heterocycles. The highest BCUT2D eigenvalue weighted by Gasteiger charge is 2.14. The Bertz CT molecular complexity index is 770. The second-order valence-corrected chi connectivity index (χ2v) is 12.1. The average molecular weight is 749 g/mol. The summed E-state index contributed by atoms with van der Waals surface area (Å²) in [6.07, 6.45) is 5.63. The first-order chi connectivity index (χ1) is 22.9. The fourth-order valence-corrected chi connectivity index (χ4v) is 4.48. The zero-order valence-electron chi connectivity index (χ0n) is 27.5. The van der Waals surface area contributed by atoms with Crippen molar-refractivity contribution in [3.63, 3.8) is 0 Å². The first-order valence-electron chi connectivity index (χ1n) is 16.3. The Morgan fingerprint density at radius 1 is 0.404 bits per heavy atom. The Kier molecular flexibility index (Phi) is 34.3. The Labute approximate surface area is 302 Å². The van der Waals surface area contributed by atoms with E-state index in [1.165, 1.54) is 0 Å². The molecular formula is C31H56O12S4. The van der Waals surface area contributed by atoms with E-state index in [-0.39, 0.29) is 102 Å². The molecule has 0 saturated carbocycles. The van der Waals surface area contributed by atoms with Crippen LogP contribution < -0.4 is 0 Å². The number of unbranched alkanes of at least 4 members (excludes halogenated alkanes) is 2. The summed E-state index contributed by atoms with van der Waals surface area (Å²) in [7, 11) is 0. The van der Waals surface area contributed by atoms with E-state index in [1.54, 1.807) is 0 Å². The third-order valence-corrected chi connectivity index (χ3v) is 7.33. The molecule has 16 heteroatoms. The van der Waals surface area contributed by atoms with Gasteiger partial charge >= 0.3 is 23.9 Å². The molecule has 0 aliphatic heterocycles. The summed E-state index contributed by atoms with van der Waals surface area (Å²) in [5.41, 5.74) is 0. The van der Waals surface area contributed by atoms with Gasteiger partial charge in [-0.25, -0.2) is 0 Å². The number of thiol groups is 4. The quantitative estimate of drug-likeness (QED) is 0.0245. The Balaban J connectivity index is 4.15. The molecule has 0 aliphatic carbocycles. The van der Waals surface area contributed by atoms with Gasteiger partial charge in [0.25, 0.3) is 0 Å². The minimum Gasteiger partial charge on any atom is -0.466 e. The highest BCUT2D eigenvalue weighted by molar-refractivity contribution is 7.80. The van der Waals surface area contributed by atoms with Crippen molar-refractivity contribution in [2.75, 3.05) is 82.7 Å². The van der Waals surface area contributed by atoms with Gasteiger partial charge in [0, 0.05) is 62.8 Å². The minimum absolute atomic E-state index is 0.0878. The molecule has 0 bridgehead atoms. The van der Waals surface area contributed by atoms with Crippen molar-refractivity contribution in [3.8, 4) is 0 Å². The van der Waals surface area contributed by atoms with Gasteiger partial charge < -0.3 is 37.9 Å². The lowest BCUT2D eigenvalue weighted by atomic mass is 10.2.